The topological polar surface area (TPSA) is 146 Å². The van der Waals surface area contributed by atoms with Gasteiger partial charge in [0.2, 0.25) is 0 Å². The van der Waals surface area contributed by atoms with Gasteiger partial charge in [-0.3, -0.25) is 20.2 Å². The predicted molar refractivity (Wildman–Crippen MR) is 141 cm³/mol. The number of halogens is 1. The molecule has 198 valence electrons. The van der Waals surface area contributed by atoms with E-state index in [1.54, 1.807) is 34.4 Å². The van der Waals surface area contributed by atoms with Crippen molar-refractivity contribution in [3.05, 3.63) is 60.6 Å². The molecule has 0 saturated carbocycles. The van der Waals surface area contributed by atoms with Gasteiger partial charge in [-0.15, -0.1) is 0 Å². The first-order valence-electron chi connectivity index (χ1n) is 9.79. The lowest BCUT2D eigenvalue weighted by Crippen LogP contribution is -2.03. The summed E-state index contributed by atoms with van der Waals surface area (Å²) < 4.78 is 15.4. The molecule has 0 aliphatic carbocycles. The first kappa shape index (κ1) is 32.1. The van der Waals surface area contributed by atoms with Crippen molar-refractivity contribution < 1.29 is 24.1 Å². The first-order chi connectivity index (χ1) is 16.5. The minimum absolute atomic E-state index is 0. The van der Waals surface area contributed by atoms with Crippen molar-refractivity contribution in [2.75, 3.05) is 49.5 Å². The standard InChI is InChI=1S/C11H15N3O4.C10H12BrN3O3.CH4/c1-13(2)6-5-8-9(17-3)7-12-11(18-4)10(8)14(15)16;1-13(2)5-4-7-8(11)6-12-10(17-3)9(7)14(15)16;/h5-7H,1-4H3;4-6H,1-3H3;1H4/b6-5+;5-4+;. The lowest BCUT2D eigenvalue weighted by molar-refractivity contribution is -0.386. The van der Waals surface area contributed by atoms with Crippen LogP contribution in [0.3, 0.4) is 0 Å². The molecule has 2 rings (SSSR count). The number of nitrogens with zero attached hydrogens (tertiary/aromatic N) is 6. The third-order valence-electron chi connectivity index (χ3n) is 4.08. The van der Waals surface area contributed by atoms with Crippen LogP contribution in [-0.4, -0.2) is 79.1 Å². The fourth-order valence-corrected chi connectivity index (χ4v) is 2.96. The number of ether oxygens (including phenoxy) is 3. The molecule has 0 radical (unpaired) electrons. The van der Waals surface area contributed by atoms with Crippen molar-refractivity contribution in [1.82, 2.24) is 19.8 Å². The average molecular weight is 571 g/mol. The second kappa shape index (κ2) is 15.1. The van der Waals surface area contributed by atoms with Crippen LogP contribution in [0.4, 0.5) is 11.4 Å². The van der Waals surface area contributed by atoms with Crippen LogP contribution in [0.5, 0.6) is 17.5 Å². The second-order valence-electron chi connectivity index (χ2n) is 7.05. The molecule has 2 aromatic rings. The van der Waals surface area contributed by atoms with Crippen molar-refractivity contribution >= 4 is 39.5 Å². The monoisotopic (exact) mass is 570 g/mol. The number of hydrogen-bond acceptors (Lipinski definition) is 11. The minimum Gasteiger partial charge on any atom is -0.494 e. The zero-order valence-corrected chi connectivity index (χ0v) is 22.0. The van der Waals surface area contributed by atoms with Crippen LogP contribution < -0.4 is 14.2 Å². The normalized spacial score (nSPS) is 10.2. The van der Waals surface area contributed by atoms with Crippen LogP contribution in [0.25, 0.3) is 12.2 Å². The smallest absolute Gasteiger partial charge is 0.341 e. The summed E-state index contributed by atoms with van der Waals surface area (Å²) in [5.74, 6) is 0.274. The van der Waals surface area contributed by atoms with Gasteiger partial charge in [-0.25, -0.2) is 9.97 Å². The number of pyridine rings is 2. The maximum absolute atomic E-state index is 11.1. The molecule has 0 unspecified atom stereocenters. The maximum Gasteiger partial charge on any atom is 0.341 e. The summed E-state index contributed by atoms with van der Waals surface area (Å²) in [5.41, 5.74) is 0.383. The molecule has 0 bridgehead atoms. The van der Waals surface area contributed by atoms with Gasteiger partial charge in [0.25, 0.3) is 11.8 Å². The van der Waals surface area contributed by atoms with Crippen LogP contribution in [-0.2, 0) is 0 Å². The SMILES string of the molecule is C.COc1cnc(OC)c([N+](=O)[O-])c1/C=C/N(C)C.COc1ncc(Br)c(/C=C/N(C)C)c1[N+](=O)[O-]. The van der Waals surface area contributed by atoms with Gasteiger partial charge in [-0.05, 0) is 40.5 Å². The number of methoxy groups -OCH3 is 3. The molecule has 14 heteroatoms. The molecule has 0 aliphatic rings. The van der Waals surface area contributed by atoms with E-state index in [-0.39, 0.29) is 30.6 Å². The number of hydrogen-bond donors (Lipinski definition) is 0. The van der Waals surface area contributed by atoms with Gasteiger partial charge >= 0.3 is 11.4 Å². The van der Waals surface area contributed by atoms with E-state index in [4.69, 9.17) is 14.2 Å². The Bertz CT molecular complexity index is 1110. The Morgan fingerprint density at radius 3 is 1.61 bits per heavy atom. The van der Waals surface area contributed by atoms with Crippen LogP contribution in [0.1, 0.15) is 18.6 Å². The average Bonchev–Trinajstić information content (AvgIpc) is 2.80. The Morgan fingerprint density at radius 2 is 1.22 bits per heavy atom. The third kappa shape index (κ3) is 8.69. The first-order valence-corrected chi connectivity index (χ1v) is 10.6. The Morgan fingerprint density at radius 1 is 0.806 bits per heavy atom. The van der Waals surface area contributed by atoms with Gasteiger partial charge in [0.05, 0.1) is 47.4 Å². The predicted octanol–water partition coefficient (Wildman–Crippen LogP) is 4.47. The van der Waals surface area contributed by atoms with Crippen LogP contribution in [0.2, 0.25) is 0 Å². The van der Waals surface area contributed by atoms with Gasteiger partial charge in [-0.1, -0.05) is 7.43 Å². The van der Waals surface area contributed by atoms with Crippen molar-refractivity contribution in [3.63, 3.8) is 0 Å². The summed E-state index contributed by atoms with van der Waals surface area (Å²) in [6.45, 7) is 0. The van der Waals surface area contributed by atoms with Crippen molar-refractivity contribution in [2.45, 2.75) is 7.43 Å². The van der Waals surface area contributed by atoms with Crippen LogP contribution >= 0.6 is 15.9 Å². The molecule has 13 nitrogen and oxygen atoms in total. The van der Waals surface area contributed by atoms with E-state index >= 15 is 0 Å². The Kier molecular flexibility index (Phi) is 13.5. The molecule has 0 fully saturated rings. The molecule has 0 aromatic carbocycles. The number of rotatable bonds is 9. The van der Waals surface area contributed by atoms with E-state index in [2.05, 4.69) is 25.9 Å². The third-order valence-corrected chi connectivity index (χ3v) is 4.71. The van der Waals surface area contributed by atoms with Crippen LogP contribution in [0.15, 0.2) is 29.3 Å². The summed E-state index contributed by atoms with van der Waals surface area (Å²) in [6.07, 6.45) is 9.48. The molecule has 0 amide bonds. The summed E-state index contributed by atoms with van der Waals surface area (Å²) >= 11 is 3.24. The quantitative estimate of drug-likeness (QED) is 0.310. The van der Waals surface area contributed by atoms with Gasteiger partial charge < -0.3 is 24.0 Å². The highest BCUT2D eigenvalue weighted by molar-refractivity contribution is 9.10. The van der Waals surface area contributed by atoms with E-state index in [1.165, 1.54) is 33.7 Å². The molecule has 2 aromatic heterocycles. The zero-order chi connectivity index (χ0) is 26.7. The van der Waals surface area contributed by atoms with Crippen molar-refractivity contribution in [2.24, 2.45) is 0 Å². The Hall–Kier alpha value is -3.94. The molecule has 0 saturated heterocycles. The number of aromatic nitrogens is 2. The highest BCUT2D eigenvalue weighted by atomic mass is 79.9. The van der Waals surface area contributed by atoms with Gasteiger partial charge in [-0.2, -0.15) is 0 Å². The highest BCUT2D eigenvalue weighted by Crippen LogP contribution is 2.36. The Balaban J connectivity index is 0.000000663. The van der Waals surface area contributed by atoms with E-state index in [1.807, 2.05) is 28.2 Å². The molecular weight excluding hydrogens is 540 g/mol. The van der Waals surface area contributed by atoms with Crippen LogP contribution in [0, 0.1) is 20.2 Å². The summed E-state index contributed by atoms with van der Waals surface area (Å²) in [7, 11) is 11.4. The van der Waals surface area contributed by atoms with Crippen molar-refractivity contribution in [3.8, 4) is 17.5 Å². The molecule has 0 N–H and O–H groups in total. The van der Waals surface area contributed by atoms with E-state index in [0.29, 0.717) is 21.3 Å². The van der Waals surface area contributed by atoms with Gasteiger partial charge in [0.1, 0.15) is 5.56 Å². The molecule has 2 heterocycles. The fraction of sp³-hybridized carbons (Fsp3) is 0.364. The minimum atomic E-state index is -0.538. The zero-order valence-electron chi connectivity index (χ0n) is 20.4. The molecule has 36 heavy (non-hydrogen) atoms. The lowest BCUT2D eigenvalue weighted by Gasteiger charge is -2.09. The molecular formula is C22H31BrN6O7. The largest absolute Gasteiger partial charge is 0.494 e. The molecule has 0 aliphatic heterocycles. The summed E-state index contributed by atoms with van der Waals surface area (Å²) in [4.78, 5) is 32.3. The second-order valence-corrected chi connectivity index (χ2v) is 7.90. The highest BCUT2D eigenvalue weighted by Gasteiger charge is 2.25. The number of nitro groups is 2. The molecule has 0 spiro atoms. The van der Waals surface area contributed by atoms with Gasteiger partial charge in [0.15, 0.2) is 5.75 Å². The fourth-order valence-electron chi connectivity index (χ4n) is 2.54. The van der Waals surface area contributed by atoms with E-state index in [0.717, 1.165) is 0 Å². The summed E-state index contributed by atoms with van der Waals surface area (Å²) in [6, 6.07) is 0. The van der Waals surface area contributed by atoms with E-state index in [9.17, 15) is 20.2 Å². The maximum atomic E-state index is 11.1. The molecule has 0 atom stereocenters. The summed E-state index contributed by atoms with van der Waals surface area (Å²) in [5, 5.41) is 22.1. The van der Waals surface area contributed by atoms with Gasteiger partial charge in [0, 0.05) is 34.4 Å². The lowest BCUT2D eigenvalue weighted by atomic mass is 10.2. The Labute approximate surface area is 218 Å². The van der Waals surface area contributed by atoms with E-state index < -0.39 is 9.85 Å². The van der Waals surface area contributed by atoms with Crippen molar-refractivity contribution in [1.29, 1.82) is 0 Å².